The second-order valence-corrected chi connectivity index (χ2v) is 11.0. The van der Waals surface area contributed by atoms with E-state index in [4.69, 9.17) is 68.6 Å². The second-order valence-electron chi connectivity index (χ2n) is 9.04. The number of aromatic nitrogens is 2. The average Bonchev–Trinajstić information content (AvgIpc) is 2.81. The molecule has 0 radical (unpaired) electrons. The highest BCUT2D eigenvalue weighted by Crippen LogP contribution is 2.40. The van der Waals surface area contributed by atoms with Gasteiger partial charge in [-0.3, -0.25) is 0 Å². The summed E-state index contributed by atoms with van der Waals surface area (Å²) in [4.78, 5) is 11.8. The Morgan fingerprint density at radius 1 is 0.941 bits per heavy atom. The molecule has 0 spiro atoms. The van der Waals surface area contributed by atoms with Gasteiger partial charge in [0.2, 0.25) is 5.95 Å². The summed E-state index contributed by atoms with van der Waals surface area (Å²) >= 11 is 30.1. The Morgan fingerprint density at radius 3 is 2.32 bits per heavy atom. The molecule has 6 nitrogen and oxygen atoms in total. The Kier molecular flexibility index (Phi) is 8.52. The van der Waals surface area contributed by atoms with Crippen LogP contribution in [-0.2, 0) is 12.8 Å². The van der Waals surface area contributed by atoms with Crippen LogP contribution in [0.4, 0.5) is 17.5 Å². The molecular formula is C23H28Cl4N6S. The predicted octanol–water partition coefficient (Wildman–Crippen LogP) is 6.74. The molecule has 4 rings (SSSR count). The Morgan fingerprint density at radius 2 is 1.62 bits per heavy atom. The molecule has 34 heavy (non-hydrogen) atoms. The number of aryl methyl sites for hydroxylation is 1. The molecule has 11 heteroatoms. The van der Waals surface area contributed by atoms with E-state index in [0.717, 1.165) is 50.3 Å². The van der Waals surface area contributed by atoms with Gasteiger partial charge in [0.15, 0.2) is 5.11 Å². The highest BCUT2D eigenvalue weighted by atomic mass is 35.5. The summed E-state index contributed by atoms with van der Waals surface area (Å²) < 4.78 is 0. The molecule has 0 atom stereocenters. The normalized spacial score (nSPS) is 19.8. The lowest BCUT2D eigenvalue weighted by Crippen LogP contribution is -2.42. The Labute approximate surface area is 226 Å². The van der Waals surface area contributed by atoms with Crippen LogP contribution < -0.4 is 20.9 Å². The van der Waals surface area contributed by atoms with E-state index in [1.54, 1.807) is 6.07 Å². The van der Waals surface area contributed by atoms with Gasteiger partial charge in [-0.25, -0.2) is 4.98 Å². The van der Waals surface area contributed by atoms with Crippen molar-refractivity contribution < 1.29 is 0 Å². The number of hydrogen-bond acceptors (Lipinski definition) is 5. The molecule has 0 saturated heterocycles. The van der Waals surface area contributed by atoms with Crippen molar-refractivity contribution in [2.45, 2.75) is 63.5 Å². The second kappa shape index (κ2) is 11.2. The molecule has 1 heterocycles. The van der Waals surface area contributed by atoms with E-state index in [0.29, 0.717) is 21.9 Å². The maximum atomic E-state index is 6.28. The smallest absolute Gasteiger partial charge is 0.225 e. The summed E-state index contributed by atoms with van der Waals surface area (Å²) in [5.74, 6) is 1.78. The first-order valence-electron chi connectivity index (χ1n) is 11.5. The number of benzene rings is 1. The quantitative estimate of drug-likeness (QED) is 0.212. The van der Waals surface area contributed by atoms with Crippen LogP contribution in [0, 0.1) is 0 Å². The fourth-order valence-corrected chi connectivity index (χ4v) is 5.71. The molecular weight excluding hydrogens is 534 g/mol. The molecule has 2 aliphatic carbocycles. The molecule has 0 bridgehead atoms. The molecule has 2 aliphatic rings. The van der Waals surface area contributed by atoms with Crippen molar-refractivity contribution in [3.05, 3.63) is 37.4 Å². The predicted molar refractivity (Wildman–Crippen MR) is 149 cm³/mol. The number of nitrogens with one attached hydrogen (secondary N) is 3. The number of rotatable bonds is 5. The molecule has 1 aromatic heterocycles. The molecule has 184 valence electrons. The van der Waals surface area contributed by atoms with Crippen LogP contribution in [0.25, 0.3) is 0 Å². The van der Waals surface area contributed by atoms with E-state index in [2.05, 4.69) is 20.9 Å². The third-order valence-electron chi connectivity index (χ3n) is 6.33. The van der Waals surface area contributed by atoms with Crippen LogP contribution in [0.15, 0.2) is 6.07 Å². The zero-order chi connectivity index (χ0) is 24.4. The van der Waals surface area contributed by atoms with E-state index in [-0.39, 0.29) is 21.1 Å². The fourth-order valence-electron chi connectivity index (χ4n) is 4.58. The number of fused-ring (bicyclic) bond motifs is 1. The maximum absolute atomic E-state index is 6.28. The summed E-state index contributed by atoms with van der Waals surface area (Å²) in [5.41, 5.74) is 3.02. The maximum Gasteiger partial charge on any atom is 0.225 e. The minimum Gasteiger partial charge on any atom is -0.362 e. The third kappa shape index (κ3) is 5.93. The van der Waals surface area contributed by atoms with E-state index < -0.39 is 0 Å². The van der Waals surface area contributed by atoms with E-state index in [1.807, 2.05) is 14.1 Å². The Hall–Kier alpha value is -1.25. The van der Waals surface area contributed by atoms with Gasteiger partial charge in [-0.05, 0) is 69.7 Å². The van der Waals surface area contributed by atoms with Gasteiger partial charge in [0.25, 0.3) is 0 Å². The van der Waals surface area contributed by atoms with Gasteiger partial charge < -0.3 is 20.9 Å². The highest BCUT2D eigenvalue weighted by Gasteiger charge is 2.25. The molecule has 0 amide bonds. The van der Waals surface area contributed by atoms with Gasteiger partial charge in [0.1, 0.15) is 5.82 Å². The van der Waals surface area contributed by atoms with Crippen molar-refractivity contribution in [2.24, 2.45) is 0 Å². The third-order valence-corrected chi connectivity index (χ3v) is 8.30. The molecule has 3 N–H and O–H groups in total. The summed E-state index contributed by atoms with van der Waals surface area (Å²) in [6, 6.07) is 2.21. The van der Waals surface area contributed by atoms with E-state index in [1.165, 1.54) is 24.1 Å². The minimum atomic E-state index is 0.203. The van der Waals surface area contributed by atoms with Crippen LogP contribution in [0.1, 0.15) is 49.8 Å². The van der Waals surface area contributed by atoms with Crippen LogP contribution in [0.5, 0.6) is 0 Å². The SMILES string of the molecule is CN(C)c1nc(NC2CCC(NC(=S)Nc3cc(Cl)c(Cl)c(Cl)c3Cl)CC2)nc2c1CCCC2. The van der Waals surface area contributed by atoms with Crippen molar-refractivity contribution in [2.75, 3.05) is 29.6 Å². The van der Waals surface area contributed by atoms with Crippen LogP contribution in [0.3, 0.4) is 0 Å². The van der Waals surface area contributed by atoms with Gasteiger partial charge in [0.05, 0.1) is 31.5 Å². The van der Waals surface area contributed by atoms with Gasteiger partial charge in [-0.15, -0.1) is 0 Å². The summed E-state index contributed by atoms with van der Waals surface area (Å²) in [6.07, 6.45) is 8.44. The number of thiocarbonyl (C=S) groups is 1. The van der Waals surface area contributed by atoms with E-state index >= 15 is 0 Å². The van der Waals surface area contributed by atoms with Gasteiger partial charge in [0, 0.05) is 31.7 Å². The summed E-state index contributed by atoms with van der Waals surface area (Å²) in [5, 5.41) is 11.5. The zero-order valence-electron chi connectivity index (χ0n) is 19.2. The molecule has 2 aromatic rings. The average molecular weight is 562 g/mol. The van der Waals surface area contributed by atoms with Gasteiger partial charge >= 0.3 is 0 Å². The van der Waals surface area contributed by atoms with Crippen LogP contribution in [0.2, 0.25) is 20.1 Å². The number of halogens is 4. The number of nitrogens with zero attached hydrogens (tertiary/aromatic N) is 3. The van der Waals surface area contributed by atoms with Crippen LogP contribution in [-0.4, -0.2) is 41.3 Å². The fraction of sp³-hybridized carbons (Fsp3) is 0.522. The summed E-state index contributed by atoms with van der Waals surface area (Å²) in [7, 11) is 4.10. The largest absolute Gasteiger partial charge is 0.362 e. The standard InChI is InChI=1S/C23H28Cl4N6S/c1-33(2)21-14-5-3-4-6-16(14)30-22(32-21)28-12-7-9-13(10-8-12)29-23(34)31-17-11-15(24)18(25)20(27)19(17)26/h11-13H,3-10H2,1-2H3,(H,28,30,32)(H2,29,31,34). The minimum absolute atomic E-state index is 0.203. The topological polar surface area (TPSA) is 65.1 Å². The van der Waals surface area contributed by atoms with Crippen molar-refractivity contribution >= 4 is 81.2 Å². The van der Waals surface area contributed by atoms with Crippen molar-refractivity contribution in [1.82, 2.24) is 15.3 Å². The van der Waals surface area contributed by atoms with Crippen LogP contribution >= 0.6 is 58.6 Å². The molecule has 1 fully saturated rings. The monoisotopic (exact) mass is 560 g/mol. The first-order chi connectivity index (χ1) is 16.2. The Balaban J connectivity index is 1.32. The lowest BCUT2D eigenvalue weighted by Gasteiger charge is -2.31. The zero-order valence-corrected chi connectivity index (χ0v) is 23.0. The Bertz CT molecular complexity index is 1070. The van der Waals surface area contributed by atoms with Crippen molar-refractivity contribution in [1.29, 1.82) is 0 Å². The number of anilines is 3. The molecule has 1 aromatic carbocycles. The van der Waals surface area contributed by atoms with E-state index in [9.17, 15) is 0 Å². The van der Waals surface area contributed by atoms with Crippen molar-refractivity contribution in [3.8, 4) is 0 Å². The first-order valence-corrected chi connectivity index (χ1v) is 13.4. The van der Waals surface area contributed by atoms with Gasteiger partial charge in [-0.2, -0.15) is 4.98 Å². The highest BCUT2D eigenvalue weighted by molar-refractivity contribution is 7.80. The lowest BCUT2D eigenvalue weighted by molar-refractivity contribution is 0.387. The summed E-state index contributed by atoms with van der Waals surface area (Å²) in [6.45, 7) is 0. The molecule has 1 saturated carbocycles. The molecule has 0 unspecified atom stereocenters. The molecule has 0 aliphatic heterocycles. The first kappa shape index (κ1) is 25.8. The lowest BCUT2D eigenvalue weighted by atomic mass is 9.91. The van der Waals surface area contributed by atoms with Crippen molar-refractivity contribution in [3.63, 3.8) is 0 Å². The van der Waals surface area contributed by atoms with Gasteiger partial charge in [-0.1, -0.05) is 46.4 Å². The number of hydrogen-bond donors (Lipinski definition) is 3.